The summed E-state index contributed by atoms with van der Waals surface area (Å²) in [5.74, 6) is 0.725. The van der Waals surface area contributed by atoms with Gasteiger partial charge in [-0.25, -0.2) is 17.8 Å². The molecule has 6 nitrogen and oxygen atoms in total. The number of fused-ring (bicyclic) bond motifs is 1. The minimum atomic E-state index is -3.57. The lowest BCUT2D eigenvalue weighted by Crippen LogP contribution is -2.39. The minimum Gasteiger partial charge on any atom is -0.376 e. The van der Waals surface area contributed by atoms with E-state index in [0.717, 1.165) is 48.5 Å². The van der Waals surface area contributed by atoms with Crippen molar-refractivity contribution in [1.29, 1.82) is 0 Å². The molecule has 2 aliphatic rings. The highest BCUT2D eigenvalue weighted by molar-refractivity contribution is 7.98. The third-order valence-corrected chi connectivity index (χ3v) is 9.87. The third-order valence-electron chi connectivity index (χ3n) is 6.96. The fourth-order valence-corrected chi connectivity index (χ4v) is 7.50. The summed E-state index contributed by atoms with van der Waals surface area (Å²) in [4.78, 5) is 5.13. The number of halogens is 1. The molecule has 0 saturated carbocycles. The zero-order chi connectivity index (χ0) is 24.6. The number of rotatable bonds is 7. The summed E-state index contributed by atoms with van der Waals surface area (Å²) in [7, 11) is -3.57. The number of aromatic nitrogens is 2. The van der Waals surface area contributed by atoms with Gasteiger partial charge in [0.1, 0.15) is 5.82 Å². The molecular weight excluding hydrogens is 485 g/mol. The molecule has 2 atom stereocenters. The van der Waals surface area contributed by atoms with Crippen molar-refractivity contribution in [2.45, 2.75) is 68.0 Å². The van der Waals surface area contributed by atoms with E-state index >= 15 is 0 Å². The van der Waals surface area contributed by atoms with Crippen LogP contribution < -0.4 is 0 Å². The highest BCUT2D eigenvalue weighted by Gasteiger charge is 2.29. The summed E-state index contributed by atoms with van der Waals surface area (Å²) in [6.07, 6.45) is 4.09. The second-order valence-corrected chi connectivity index (χ2v) is 12.7. The first-order valence-electron chi connectivity index (χ1n) is 12.3. The van der Waals surface area contributed by atoms with E-state index in [1.54, 1.807) is 35.5 Å². The molecule has 0 spiro atoms. The quantitative estimate of drug-likeness (QED) is 0.394. The van der Waals surface area contributed by atoms with Crippen LogP contribution in [0.1, 0.15) is 43.7 Å². The molecule has 0 aliphatic carbocycles. The predicted molar refractivity (Wildman–Crippen MR) is 137 cm³/mol. The largest absolute Gasteiger partial charge is 0.376 e. The van der Waals surface area contributed by atoms with Gasteiger partial charge in [0.15, 0.2) is 5.16 Å². The van der Waals surface area contributed by atoms with Gasteiger partial charge in [-0.1, -0.05) is 30.8 Å². The summed E-state index contributed by atoms with van der Waals surface area (Å²) in [6.45, 7) is 6.40. The lowest BCUT2D eigenvalue weighted by molar-refractivity contribution is 0.0960. The van der Waals surface area contributed by atoms with Crippen molar-refractivity contribution in [1.82, 2.24) is 13.9 Å². The average molecular weight is 518 g/mol. The van der Waals surface area contributed by atoms with Gasteiger partial charge >= 0.3 is 0 Å². The molecule has 3 heterocycles. The summed E-state index contributed by atoms with van der Waals surface area (Å²) in [6, 6.07) is 10.6. The molecule has 9 heteroatoms. The predicted octanol–water partition coefficient (Wildman–Crippen LogP) is 5.38. The number of hydrogen-bond acceptors (Lipinski definition) is 5. The van der Waals surface area contributed by atoms with Gasteiger partial charge in [-0.05, 0) is 73.9 Å². The Hall–Kier alpha value is -1.94. The maximum Gasteiger partial charge on any atom is 0.243 e. The Bertz CT molecular complexity index is 1320. The van der Waals surface area contributed by atoms with Crippen molar-refractivity contribution in [3.8, 4) is 0 Å². The van der Waals surface area contributed by atoms with Gasteiger partial charge in [-0.2, -0.15) is 4.31 Å². The fourth-order valence-electron chi connectivity index (χ4n) is 4.91. The van der Waals surface area contributed by atoms with E-state index in [1.165, 1.54) is 11.8 Å². The Morgan fingerprint density at radius 3 is 2.77 bits per heavy atom. The number of ether oxygens (including phenoxy) is 1. The van der Waals surface area contributed by atoms with Crippen LogP contribution in [0.2, 0.25) is 0 Å². The standard InChI is InChI=1S/C26H32FN3O3S2/c1-18-5-3-11-29(15-18)35(31,32)22-9-10-25-24(14-22)28-26(30(25)16-21-6-4-12-33-21)34-17-20-8-7-19(2)23(27)13-20/h7-10,13-14,18,21H,3-6,11-12,15-17H2,1-2H3/t18-,21-/m0/s1. The SMILES string of the molecule is Cc1ccc(CSc2nc3cc(S(=O)(=O)N4CCC[C@H](C)C4)ccc3n2C[C@@H]2CCCO2)cc1F. The van der Waals surface area contributed by atoms with Crippen LogP contribution in [0.15, 0.2) is 46.5 Å². The fraction of sp³-hybridized carbons (Fsp3) is 0.500. The second-order valence-electron chi connectivity index (χ2n) is 9.77. The molecule has 2 aliphatic heterocycles. The second kappa shape index (κ2) is 10.2. The molecule has 2 aromatic carbocycles. The molecule has 5 rings (SSSR count). The molecule has 3 aromatic rings. The van der Waals surface area contributed by atoms with Crippen molar-refractivity contribution in [2.75, 3.05) is 19.7 Å². The van der Waals surface area contributed by atoms with Crippen LogP contribution in [0.5, 0.6) is 0 Å². The van der Waals surface area contributed by atoms with Gasteiger partial charge in [-0.3, -0.25) is 0 Å². The zero-order valence-electron chi connectivity index (χ0n) is 20.2. The number of hydrogen-bond donors (Lipinski definition) is 0. The van der Waals surface area contributed by atoms with E-state index < -0.39 is 10.0 Å². The normalized spacial score (nSPS) is 21.7. The molecule has 0 radical (unpaired) electrons. The zero-order valence-corrected chi connectivity index (χ0v) is 21.9. The molecule has 188 valence electrons. The number of aryl methyl sites for hydroxylation is 1. The summed E-state index contributed by atoms with van der Waals surface area (Å²) in [5.41, 5.74) is 3.06. The molecular formula is C26H32FN3O3S2. The monoisotopic (exact) mass is 517 g/mol. The molecule has 0 amide bonds. The van der Waals surface area contributed by atoms with Crippen molar-refractivity contribution in [3.63, 3.8) is 0 Å². The highest BCUT2D eigenvalue weighted by Crippen LogP contribution is 2.31. The Morgan fingerprint density at radius 2 is 2.03 bits per heavy atom. The van der Waals surface area contributed by atoms with Crippen molar-refractivity contribution >= 4 is 32.8 Å². The van der Waals surface area contributed by atoms with Crippen LogP contribution in [-0.2, 0) is 27.1 Å². The maximum absolute atomic E-state index is 14.0. The summed E-state index contributed by atoms with van der Waals surface area (Å²) >= 11 is 1.54. The highest BCUT2D eigenvalue weighted by atomic mass is 32.2. The first kappa shape index (κ1) is 24.7. The van der Waals surface area contributed by atoms with E-state index in [0.29, 0.717) is 42.4 Å². The number of nitrogens with zero attached hydrogens (tertiary/aromatic N) is 3. The van der Waals surface area contributed by atoms with Gasteiger partial charge in [0.25, 0.3) is 0 Å². The van der Waals surface area contributed by atoms with Crippen molar-refractivity contribution < 1.29 is 17.5 Å². The van der Waals surface area contributed by atoms with Crippen LogP contribution in [0.4, 0.5) is 4.39 Å². The van der Waals surface area contributed by atoms with Crippen LogP contribution in [-0.4, -0.2) is 48.1 Å². The Kier molecular flexibility index (Phi) is 7.21. The Balaban J connectivity index is 1.46. The van der Waals surface area contributed by atoms with Crippen LogP contribution in [0.3, 0.4) is 0 Å². The summed E-state index contributed by atoms with van der Waals surface area (Å²) in [5, 5.41) is 0.789. The Morgan fingerprint density at radius 1 is 1.17 bits per heavy atom. The molecule has 35 heavy (non-hydrogen) atoms. The molecule has 2 fully saturated rings. The molecule has 0 unspecified atom stereocenters. The van der Waals surface area contributed by atoms with Gasteiger partial charge in [-0.15, -0.1) is 0 Å². The average Bonchev–Trinajstić information content (AvgIpc) is 3.48. The van der Waals surface area contributed by atoms with Crippen LogP contribution in [0, 0.1) is 18.7 Å². The molecule has 2 saturated heterocycles. The number of thioether (sulfide) groups is 1. The number of benzene rings is 2. The van der Waals surface area contributed by atoms with Gasteiger partial charge in [0.05, 0.1) is 28.6 Å². The molecule has 1 aromatic heterocycles. The third kappa shape index (κ3) is 5.28. The van der Waals surface area contributed by atoms with E-state index in [9.17, 15) is 12.8 Å². The molecule has 0 bridgehead atoms. The van der Waals surface area contributed by atoms with Gasteiger partial charge < -0.3 is 9.30 Å². The van der Waals surface area contributed by atoms with Crippen molar-refractivity contribution in [2.24, 2.45) is 5.92 Å². The minimum absolute atomic E-state index is 0.113. The number of piperidine rings is 1. The first-order chi connectivity index (χ1) is 16.8. The van der Waals surface area contributed by atoms with Gasteiger partial charge in [0.2, 0.25) is 10.0 Å². The smallest absolute Gasteiger partial charge is 0.243 e. The van der Waals surface area contributed by atoms with E-state index in [-0.39, 0.29) is 16.8 Å². The van der Waals surface area contributed by atoms with E-state index in [1.807, 2.05) is 12.1 Å². The maximum atomic E-state index is 14.0. The topological polar surface area (TPSA) is 64.4 Å². The van der Waals surface area contributed by atoms with Crippen LogP contribution in [0.25, 0.3) is 11.0 Å². The first-order valence-corrected chi connectivity index (χ1v) is 14.7. The Labute approximate surface area is 210 Å². The number of sulfonamides is 1. The lowest BCUT2D eigenvalue weighted by atomic mass is 10.0. The van der Waals surface area contributed by atoms with E-state index in [2.05, 4.69) is 11.5 Å². The van der Waals surface area contributed by atoms with Crippen molar-refractivity contribution in [3.05, 3.63) is 53.3 Å². The molecule has 0 N–H and O–H groups in total. The summed E-state index contributed by atoms with van der Waals surface area (Å²) < 4.78 is 50.4. The van der Waals surface area contributed by atoms with Gasteiger partial charge in [0, 0.05) is 25.4 Å². The van der Waals surface area contributed by atoms with E-state index in [4.69, 9.17) is 9.72 Å². The lowest BCUT2D eigenvalue weighted by Gasteiger charge is -2.30. The number of imidazole rings is 1. The van der Waals surface area contributed by atoms with Crippen LogP contribution >= 0.6 is 11.8 Å².